The molecule has 1 unspecified atom stereocenters. The smallest absolute Gasteiger partial charge is 0.315 e. The summed E-state index contributed by atoms with van der Waals surface area (Å²) in [5, 5.41) is 8.05. The number of hydrogen-bond donors (Lipinski definition) is 3. The van der Waals surface area contributed by atoms with Gasteiger partial charge in [-0.2, -0.15) is 0 Å². The van der Waals surface area contributed by atoms with Crippen LogP contribution in [0.1, 0.15) is 18.4 Å². The predicted molar refractivity (Wildman–Crippen MR) is 81.5 cm³/mol. The summed E-state index contributed by atoms with van der Waals surface area (Å²) < 4.78 is 18.6. The zero-order chi connectivity index (χ0) is 16.3. The minimum atomic E-state index is -0.549. The van der Waals surface area contributed by atoms with Crippen molar-refractivity contribution in [3.63, 3.8) is 0 Å². The topological polar surface area (TPSA) is 79.5 Å². The Morgan fingerprint density at radius 3 is 2.61 bits per heavy atom. The highest BCUT2D eigenvalue weighted by Gasteiger charge is 2.36. The Morgan fingerprint density at radius 1 is 1.30 bits per heavy atom. The summed E-state index contributed by atoms with van der Waals surface area (Å²) in [6.07, 6.45) is 1.52. The highest BCUT2D eigenvalue weighted by Crippen LogP contribution is 2.34. The first-order valence-electron chi connectivity index (χ1n) is 7.75. The molecule has 2 saturated heterocycles. The van der Waals surface area contributed by atoms with Gasteiger partial charge in [-0.1, -0.05) is 12.1 Å². The Kier molecular flexibility index (Phi) is 4.47. The molecule has 0 radical (unpaired) electrons. The fourth-order valence-corrected chi connectivity index (χ4v) is 3.13. The van der Waals surface area contributed by atoms with Crippen molar-refractivity contribution >= 4 is 11.9 Å². The third-order valence-corrected chi connectivity index (χ3v) is 4.60. The molecule has 0 spiro atoms. The third kappa shape index (κ3) is 3.44. The number of carbonyl (C=O) groups is 2. The van der Waals surface area contributed by atoms with Gasteiger partial charge < -0.3 is 20.7 Å². The van der Waals surface area contributed by atoms with Crippen molar-refractivity contribution in [2.75, 3.05) is 26.3 Å². The number of urea groups is 1. The Balaban J connectivity index is 1.70. The van der Waals surface area contributed by atoms with E-state index in [2.05, 4.69) is 16.0 Å². The maximum atomic E-state index is 13.2. The number of carbonyl (C=O) groups excluding carboxylic acids is 2. The molecule has 7 heteroatoms. The molecule has 1 atom stereocenters. The first kappa shape index (κ1) is 15.7. The van der Waals surface area contributed by atoms with Crippen molar-refractivity contribution < 1.29 is 18.7 Å². The van der Waals surface area contributed by atoms with E-state index in [1.807, 2.05) is 0 Å². The fourth-order valence-electron chi connectivity index (χ4n) is 3.13. The minimum Gasteiger partial charge on any atom is -0.381 e. The van der Waals surface area contributed by atoms with E-state index in [4.69, 9.17) is 4.74 Å². The summed E-state index contributed by atoms with van der Waals surface area (Å²) in [7, 11) is 0. The SMILES string of the molecule is O=C1NCC(C(=O)NCC2(c3ccc(F)cc3)CCOCC2)N1. The molecule has 6 nitrogen and oxygen atoms in total. The highest BCUT2D eigenvalue weighted by atomic mass is 19.1. The van der Waals surface area contributed by atoms with E-state index >= 15 is 0 Å². The van der Waals surface area contributed by atoms with Crippen molar-refractivity contribution in [3.8, 4) is 0 Å². The number of amides is 3. The van der Waals surface area contributed by atoms with Crippen LogP contribution in [0.25, 0.3) is 0 Å². The van der Waals surface area contributed by atoms with Crippen LogP contribution in [0.15, 0.2) is 24.3 Å². The Hall–Kier alpha value is -2.15. The van der Waals surface area contributed by atoms with E-state index in [1.54, 1.807) is 12.1 Å². The molecule has 2 aliphatic rings. The summed E-state index contributed by atoms with van der Waals surface area (Å²) in [5.41, 5.74) is 0.730. The van der Waals surface area contributed by atoms with Crippen LogP contribution in [0.4, 0.5) is 9.18 Å². The lowest BCUT2D eigenvalue weighted by molar-refractivity contribution is -0.122. The average Bonchev–Trinajstić information content (AvgIpc) is 3.01. The zero-order valence-corrected chi connectivity index (χ0v) is 12.7. The average molecular weight is 321 g/mol. The molecule has 124 valence electrons. The van der Waals surface area contributed by atoms with Gasteiger partial charge in [0.2, 0.25) is 5.91 Å². The maximum Gasteiger partial charge on any atom is 0.315 e. The number of benzene rings is 1. The van der Waals surface area contributed by atoms with Gasteiger partial charge in [0.1, 0.15) is 11.9 Å². The monoisotopic (exact) mass is 321 g/mol. The van der Waals surface area contributed by atoms with Crippen LogP contribution in [-0.2, 0) is 14.9 Å². The first-order chi connectivity index (χ1) is 11.1. The molecule has 2 heterocycles. The van der Waals surface area contributed by atoms with Gasteiger partial charge >= 0.3 is 6.03 Å². The van der Waals surface area contributed by atoms with Gasteiger partial charge in [0, 0.05) is 31.7 Å². The Bertz CT molecular complexity index is 585. The normalized spacial score (nSPS) is 23.0. The van der Waals surface area contributed by atoms with E-state index in [0.717, 1.165) is 18.4 Å². The summed E-state index contributed by atoms with van der Waals surface area (Å²) in [5.74, 6) is -0.490. The molecule has 0 aromatic heterocycles. The van der Waals surface area contributed by atoms with Crippen LogP contribution < -0.4 is 16.0 Å². The second kappa shape index (κ2) is 6.54. The number of halogens is 1. The maximum absolute atomic E-state index is 13.2. The standard InChI is InChI=1S/C16H20FN3O3/c17-12-3-1-11(2-4-12)16(5-7-23-8-6-16)10-19-14(21)13-9-18-15(22)20-13/h1-4,13H,5-10H2,(H,19,21)(H2,18,20,22). The van der Waals surface area contributed by atoms with E-state index in [1.165, 1.54) is 12.1 Å². The van der Waals surface area contributed by atoms with Crippen LogP contribution in [-0.4, -0.2) is 44.3 Å². The van der Waals surface area contributed by atoms with Crippen molar-refractivity contribution in [2.45, 2.75) is 24.3 Å². The van der Waals surface area contributed by atoms with Gasteiger partial charge in [-0.05, 0) is 30.5 Å². The van der Waals surface area contributed by atoms with E-state index < -0.39 is 6.04 Å². The second-order valence-corrected chi connectivity index (χ2v) is 6.02. The number of rotatable bonds is 4. The van der Waals surface area contributed by atoms with E-state index in [9.17, 15) is 14.0 Å². The second-order valence-electron chi connectivity index (χ2n) is 6.02. The molecule has 0 saturated carbocycles. The van der Waals surface area contributed by atoms with E-state index in [-0.39, 0.29) is 29.7 Å². The van der Waals surface area contributed by atoms with Crippen molar-refractivity contribution in [3.05, 3.63) is 35.6 Å². The molecule has 2 fully saturated rings. The molecule has 1 aromatic rings. The Labute approximate surface area is 133 Å². The lowest BCUT2D eigenvalue weighted by atomic mass is 9.74. The molecule has 3 N–H and O–H groups in total. The minimum absolute atomic E-state index is 0.212. The summed E-state index contributed by atoms with van der Waals surface area (Å²) in [4.78, 5) is 23.3. The lowest BCUT2D eigenvalue weighted by Crippen LogP contribution is -2.49. The molecular formula is C16H20FN3O3. The zero-order valence-electron chi connectivity index (χ0n) is 12.7. The predicted octanol–water partition coefficient (Wildman–Crippen LogP) is 0.671. The molecule has 2 aliphatic heterocycles. The van der Waals surface area contributed by atoms with Gasteiger partial charge in [0.25, 0.3) is 0 Å². The van der Waals surface area contributed by atoms with Crippen molar-refractivity contribution in [2.24, 2.45) is 0 Å². The van der Waals surface area contributed by atoms with Crippen LogP contribution in [0, 0.1) is 5.82 Å². The van der Waals surface area contributed by atoms with E-state index in [0.29, 0.717) is 19.8 Å². The van der Waals surface area contributed by atoms with Gasteiger partial charge in [-0.3, -0.25) is 4.79 Å². The first-order valence-corrected chi connectivity index (χ1v) is 7.75. The highest BCUT2D eigenvalue weighted by molar-refractivity contribution is 5.90. The Morgan fingerprint density at radius 2 is 2.00 bits per heavy atom. The van der Waals surface area contributed by atoms with Crippen LogP contribution in [0.5, 0.6) is 0 Å². The van der Waals surface area contributed by atoms with Crippen molar-refractivity contribution in [1.82, 2.24) is 16.0 Å². The third-order valence-electron chi connectivity index (χ3n) is 4.60. The molecule has 3 amide bonds. The van der Waals surface area contributed by atoms with Gasteiger partial charge in [-0.25, -0.2) is 9.18 Å². The molecule has 1 aromatic carbocycles. The van der Waals surface area contributed by atoms with Crippen LogP contribution >= 0.6 is 0 Å². The quantitative estimate of drug-likeness (QED) is 0.763. The van der Waals surface area contributed by atoms with Crippen LogP contribution in [0.2, 0.25) is 0 Å². The molecular weight excluding hydrogens is 301 g/mol. The lowest BCUT2D eigenvalue weighted by Gasteiger charge is -2.38. The van der Waals surface area contributed by atoms with Gasteiger partial charge in [0.15, 0.2) is 0 Å². The fraction of sp³-hybridized carbons (Fsp3) is 0.500. The molecule has 3 rings (SSSR count). The molecule has 23 heavy (non-hydrogen) atoms. The molecule has 0 bridgehead atoms. The number of ether oxygens (including phenoxy) is 1. The number of hydrogen-bond acceptors (Lipinski definition) is 3. The summed E-state index contributed by atoms with van der Waals surface area (Å²) >= 11 is 0. The molecule has 0 aliphatic carbocycles. The van der Waals surface area contributed by atoms with Crippen molar-refractivity contribution in [1.29, 1.82) is 0 Å². The van der Waals surface area contributed by atoms with Gasteiger partial charge in [-0.15, -0.1) is 0 Å². The summed E-state index contributed by atoms with van der Waals surface area (Å²) in [6.45, 7) is 1.94. The number of nitrogens with one attached hydrogen (secondary N) is 3. The van der Waals surface area contributed by atoms with Gasteiger partial charge in [0.05, 0.1) is 0 Å². The summed E-state index contributed by atoms with van der Waals surface area (Å²) in [6, 6.07) is 5.54. The largest absolute Gasteiger partial charge is 0.381 e. The van der Waals surface area contributed by atoms with Crippen LogP contribution in [0.3, 0.4) is 0 Å².